The number of fused-ring (bicyclic) bond motifs is 3. The van der Waals surface area contributed by atoms with Crippen LogP contribution in [-0.4, -0.2) is 30.7 Å². The first-order valence-electron chi connectivity index (χ1n) is 6.10. The molecule has 0 radical (unpaired) electrons. The van der Waals surface area contributed by atoms with Crippen molar-refractivity contribution in [3.63, 3.8) is 0 Å². The molecule has 1 aliphatic rings. The molecule has 0 N–H and O–H groups in total. The van der Waals surface area contributed by atoms with Gasteiger partial charge in [0.05, 0.1) is 5.56 Å². The molecule has 2 aromatic rings. The molecule has 1 aliphatic carbocycles. The summed E-state index contributed by atoms with van der Waals surface area (Å²) in [6.45, 7) is 0. The highest BCUT2D eigenvalue weighted by atomic mass is 16.2. The molecule has 0 spiro atoms. The molecular weight excluding hydrogens is 238 g/mol. The number of carbonyl (C=O) groups is 2. The Bertz CT molecular complexity index is 702. The van der Waals surface area contributed by atoms with Gasteiger partial charge < -0.3 is 4.90 Å². The first kappa shape index (κ1) is 11.7. The van der Waals surface area contributed by atoms with Crippen LogP contribution in [0.2, 0.25) is 0 Å². The molecule has 0 heterocycles. The maximum absolute atomic E-state index is 12.5. The highest BCUT2D eigenvalue weighted by Crippen LogP contribution is 2.38. The van der Waals surface area contributed by atoms with Crippen LogP contribution in [0.25, 0.3) is 11.1 Å². The quantitative estimate of drug-likeness (QED) is 0.666. The Kier molecular flexibility index (Phi) is 2.49. The van der Waals surface area contributed by atoms with Crippen LogP contribution in [0.4, 0.5) is 0 Å². The molecule has 19 heavy (non-hydrogen) atoms. The van der Waals surface area contributed by atoms with Gasteiger partial charge in [-0.2, -0.15) is 0 Å². The molecule has 0 unspecified atom stereocenters. The van der Waals surface area contributed by atoms with Crippen LogP contribution in [0.3, 0.4) is 0 Å². The molecule has 3 heteroatoms. The number of hydrogen-bond donors (Lipinski definition) is 0. The fourth-order valence-corrected chi connectivity index (χ4v) is 2.49. The molecule has 0 bridgehead atoms. The van der Waals surface area contributed by atoms with E-state index in [1.54, 1.807) is 20.2 Å². The largest absolute Gasteiger partial charge is 0.345 e. The lowest BCUT2D eigenvalue weighted by molar-refractivity contribution is 0.0822. The molecule has 1 amide bonds. The smallest absolute Gasteiger partial charge is 0.254 e. The van der Waals surface area contributed by atoms with Gasteiger partial charge in [-0.1, -0.05) is 36.4 Å². The number of amides is 1. The second-order valence-electron chi connectivity index (χ2n) is 4.80. The van der Waals surface area contributed by atoms with Gasteiger partial charge in [-0.25, -0.2) is 0 Å². The summed E-state index contributed by atoms with van der Waals surface area (Å²) in [5, 5.41) is 0. The molecule has 0 saturated heterocycles. The van der Waals surface area contributed by atoms with Crippen LogP contribution < -0.4 is 0 Å². The monoisotopic (exact) mass is 251 g/mol. The summed E-state index contributed by atoms with van der Waals surface area (Å²) < 4.78 is 0. The Labute approximate surface area is 111 Å². The van der Waals surface area contributed by atoms with Gasteiger partial charge in [-0.15, -0.1) is 0 Å². The standard InChI is InChI=1S/C16H13NO2/c1-17(2)16(19)13-9-5-8-11-10-6-3-4-7-12(10)15(18)14(11)13/h3-9H,1-2H3. The summed E-state index contributed by atoms with van der Waals surface area (Å²) >= 11 is 0. The zero-order valence-corrected chi connectivity index (χ0v) is 10.8. The first-order valence-corrected chi connectivity index (χ1v) is 6.10. The predicted molar refractivity (Wildman–Crippen MR) is 73.3 cm³/mol. The summed E-state index contributed by atoms with van der Waals surface area (Å²) in [7, 11) is 3.38. The minimum atomic E-state index is -0.141. The van der Waals surface area contributed by atoms with E-state index >= 15 is 0 Å². The van der Waals surface area contributed by atoms with Crippen molar-refractivity contribution in [1.29, 1.82) is 0 Å². The number of ketones is 1. The number of nitrogens with zero attached hydrogens (tertiary/aromatic N) is 1. The van der Waals surface area contributed by atoms with Gasteiger partial charge >= 0.3 is 0 Å². The number of rotatable bonds is 1. The average Bonchev–Trinajstić information content (AvgIpc) is 2.72. The number of benzene rings is 2. The van der Waals surface area contributed by atoms with Crippen LogP contribution in [0, 0.1) is 0 Å². The van der Waals surface area contributed by atoms with Crippen LogP contribution in [0.1, 0.15) is 26.3 Å². The van der Waals surface area contributed by atoms with Crippen LogP contribution in [-0.2, 0) is 0 Å². The van der Waals surface area contributed by atoms with Crippen molar-refractivity contribution < 1.29 is 9.59 Å². The van der Waals surface area contributed by atoms with Crippen molar-refractivity contribution >= 4 is 11.7 Å². The maximum Gasteiger partial charge on any atom is 0.254 e. The van der Waals surface area contributed by atoms with Crippen molar-refractivity contribution in [2.24, 2.45) is 0 Å². The van der Waals surface area contributed by atoms with Gasteiger partial charge in [0.25, 0.3) is 5.91 Å². The summed E-state index contributed by atoms with van der Waals surface area (Å²) in [5.74, 6) is -0.200. The van der Waals surface area contributed by atoms with Crippen molar-refractivity contribution in [2.75, 3.05) is 14.1 Å². The predicted octanol–water partition coefficient (Wildman–Crippen LogP) is 2.60. The van der Waals surface area contributed by atoms with Gasteiger partial charge in [0.15, 0.2) is 5.78 Å². The van der Waals surface area contributed by atoms with E-state index in [4.69, 9.17) is 0 Å². The van der Waals surface area contributed by atoms with E-state index in [1.165, 1.54) is 4.90 Å². The van der Waals surface area contributed by atoms with Crippen LogP contribution in [0.15, 0.2) is 42.5 Å². The molecule has 0 fully saturated rings. The fourth-order valence-electron chi connectivity index (χ4n) is 2.49. The summed E-state index contributed by atoms with van der Waals surface area (Å²) in [6.07, 6.45) is 0. The van der Waals surface area contributed by atoms with Crippen LogP contribution in [0.5, 0.6) is 0 Å². The second-order valence-corrected chi connectivity index (χ2v) is 4.80. The van der Waals surface area contributed by atoms with E-state index in [0.717, 1.165) is 11.1 Å². The Hall–Kier alpha value is -2.42. The van der Waals surface area contributed by atoms with Crippen molar-refractivity contribution in [3.05, 3.63) is 59.2 Å². The molecule has 0 atom stereocenters. The molecule has 0 aromatic heterocycles. The number of carbonyl (C=O) groups excluding carboxylic acids is 2. The zero-order valence-electron chi connectivity index (χ0n) is 10.8. The Morgan fingerprint density at radius 1 is 0.895 bits per heavy atom. The molecule has 3 rings (SSSR count). The maximum atomic E-state index is 12.5. The van der Waals surface area contributed by atoms with E-state index in [-0.39, 0.29) is 11.7 Å². The molecular formula is C16H13NO2. The van der Waals surface area contributed by atoms with Crippen LogP contribution >= 0.6 is 0 Å². The lowest BCUT2D eigenvalue weighted by Gasteiger charge is -2.12. The zero-order chi connectivity index (χ0) is 13.6. The molecule has 0 saturated carbocycles. The van der Waals surface area contributed by atoms with Gasteiger partial charge in [0.2, 0.25) is 0 Å². The molecule has 0 aliphatic heterocycles. The Morgan fingerprint density at radius 2 is 1.53 bits per heavy atom. The molecule has 3 nitrogen and oxygen atoms in total. The Morgan fingerprint density at radius 3 is 2.21 bits per heavy atom. The molecule has 2 aromatic carbocycles. The fraction of sp³-hybridized carbons (Fsp3) is 0.125. The van der Waals surface area contributed by atoms with E-state index in [2.05, 4.69) is 0 Å². The highest BCUT2D eigenvalue weighted by molar-refractivity contribution is 6.25. The second kappa shape index (κ2) is 4.05. The Balaban J connectivity index is 2.27. The van der Waals surface area contributed by atoms with Crippen molar-refractivity contribution in [1.82, 2.24) is 4.90 Å². The van der Waals surface area contributed by atoms with E-state index in [0.29, 0.717) is 16.7 Å². The third-order valence-corrected chi connectivity index (χ3v) is 3.39. The van der Waals surface area contributed by atoms with Gasteiger partial charge in [0, 0.05) is 25.2 Å². The van der Waals surface area contributed by atoms with E-state index < -0.39 is 0 Å². The normalized spacial score (nSPS) is 12.0. The SMILES string of the molecule is CN(C)C(=O)c1cccc2c1C(=O)c1ccccc1-2. The minimum absolute atomic E-state index is 0.0589. The lowest BCUT2D eigenvalue weighted by Crippen LogP contribution is -2.23. The number of hydrogen-bond acceptors (Lipinski definition) is 2. The summed E-state index contributed by atoms with van der Waals surface area (Å²) in [6, 6.07) is 12.9. The topological polar surface area (TPSA) is 37.4 Å². The minimum Gasteiger partial charge on any atom is -0.345 e. The van der Waals surface area contributed by atoms with Gasteiger partial charge in [-0.3, -0.25) is 9.59 Å². The van der Waals surface area contributed by atoms with Crippen molar-refractivity contribution in [3.8, 4) is 11.1 Å². The van der Waals surface area contributed by atoms with Gasteiger partial charge in [0.1, 0.15) is 0 Å². The first-order chi connectivity index (χ1) is 9.11. The highest BCUT2D eigenvalue weighted by Gasteiger charge is 2.30. The molecule has 94 valence electrons. The third-order valence-electron chi connectivity index (χ3n) is 3.39. The van der Waals surface area contributed by atoms with Crippen molar-refractivity contribution in [2.45, 2.75) is 0 Å². The third kappa shape index (κ3) is 1.58. The summed E-state index contributed by atoms with van der Waals surface area (Å²) in [4.78, 5) is 26.1. The average molecular weight is 251 g/mol. The van der Waals surface area contributed by atoms with Gasteiger partial charge in [-0.05, 0) is 17.2 Å². The summed E-state index contributed by atoms with van der Waals surface area (Å²) in [5.41, 5.74) is 3.45. The lowest BCUT2D eigenvalue weighted by atomic mass is 10.00. The van der Waals surface area contributed by atoms with E-state index in [9.17, 15) is 9.59 Å². The van der Waals surface area contributed by atoms with E-state index in [1.807, 2.05) is 36.4 Å².